The Bertz CT molecular complexity index is 695. The fourth-order valence-corrected chi connectivity index (χ4v) is 2.96. The van der Waals surface area contributed by atoms with E-state index in [1.54, 1.807) is 0 Å². The van der Waals surface area contributed by atoms with Gasteiger partial charge in [-0.05, 0) is 22.3 Å². The summed E-state index contributed by atoms with van der Waals surface area (Å²) in [6, 6.07) is 31.7. The third kappa shape index (κ3) is 4.55. The van der Waals surface area contributed by atoms with Crippen LogP contribution >= 0.6 is 21.6 Å². The highest BCUT2D eigenvalue weighted by atomic mass is 35.5. The first-order chi connectivity index (χ1) is 10.8. The summed E-state index contributed by atoms with van der Waals surface area (Å²) < 4.78 is 0. The number of hydrogen-bond donors (Lipinski definition) is 0. The number of rotatable bonds is 4. The van der Waals surface area contributed by atoms with Crippen LogP contribution in [0.2, 0.25) is 0 Å². The van der Waals surface area contributed by atoms with Gasteiger partial charge in [0, 0.05) is 5.66 Å². The van der Waals surface area contributed by atoms with E-state index in [0.29, 0.717) is 0 Å². The van der Waals surface area contributed by atoms with E-state index in [1.807, 2.05) is 0 Å². The van der Waals surface area contributed by atoms with Crippen molar-refractivity contribution in [3.8, 4) is 0 Å². The minimum absolute atomic E-state index is 0. The molecule has 2 heteroatoms. The molecule has 0 aliphatic rings. The first-order valence-corrected chi connectivity index (χ1v) is 8.14. The number of allylic oxidation sites excluding steroid dienone is 1. The molecule has 23 heavy (non-hydrogen) atoms. The van der Waals surface area contributed by atoms with Crippen molar-refractivity contribution in [2.75, 3.05) is 0 Å². The molecule has 3 aromatic rings. The van der Waals surface area contributed by atoms with E-state index in [4.69, 9.17) is 0 Å². The van der Waals surface area contributed by atoms with Gasteiger partial charge in [-0.15, -0.1) is 21.6 Å². The average molecular weight is 339 g/mol. The molecule has 0 amide bonds. The van der Waals surface area contributed by atoms with E-state index in [-0.39, 0.29) is 18.1 Å². The molecular weight excluding hydrogens is 319 g/mol. The third-order valence-corrected chi connectivity index (χ3v) is 4.28. The summed E-state index contributed by atoms with van der Waals surface area (Å²) in [6.07, 6.45) is 2.32. The lowest BCUT2D eigenvalue weighted by Gasteiger charge is -2.13. The van der Waals surface area contributed by atoms with Crippen LogP contribution in [0, 0.1) is 0 Å². The molecule has 0 aliphatic carbocycles. The van der Waals surface area contributed by atoms with Crippen molar-refractivity contribution in [2.45, 2.75) is 5.66 Å². The van der Waals surface area contributed by atoms with Gasteiger partial charge in [-0.2, -0.15) is 0 Å². The highest BCUT2D eigenvalue weighted by Crippen LogP contribution is 2.31. The summed E-state index contributed by atoms with van der Waals surface area (Å²) in [6.45, 7) is 0. The molecule has 0 radical (unpaired) electrons. The second-order valence-corrected chi connectivity index (χ2v) is 5.97. The van der Waals surface area contributed by atoms with E-state index in [0.717, 1.165) is 0 Å². The van der Waals surface area contributed by atoms with E-state index in [9.17, 15) is 0 Å². The summed E-state index contributed by atoms with van der Waals surface area (Å²) >= 11 is 0. The maximum Gasteiger partial charge on any atom is 0.0173 e. The van der Waals surface area contributed by atoms with Crippen molar-refractivity contribution in [2.24, 2.45) is 0 Å². The molecule has 0 aliphatic heterocycles. The highest BCUT2D eigenvalue weighted by molar-refractivity contribution is 7.17. The molecule has 0 heterocycles. The Morgan fingerprint density at radius 3 is 1.48 bits per heavy atom. The summed E-state index contributed by atoms with van der Waals surface area (Å²) in [5, 5.41) is 0. The molecule has 0 nitrogen and oxygen atoms in total. The maximum atomic E-state index is 2.94. The first kappa shape index (κ1) is 17.5. The minimum atomic E-state index is 0. The van der Waals surface area contributed by atoms with Gasteiger partial charge in [0.2, 0.25) is 0 Å². The first-order valence-electron chi connectivity index (χ1n) is 7.48. The van der Waals surface area contributed by atoms with Gasteiger partial charge in [0.05, 0.1) is 0 Å². The van der Waals surface area contributed by atoms with Crippen LogP contribution in [0.5, 0.6) is 0 Å². The number of halogens is 1. The normalized spacial score (nSPS) is 11.2. The standard InChI is InChI=1S/C21H19P.ClH/c22-21(19-14-8-3-9-15-19)16-20(17-10-4-1-5-11-17)18-12-6-2-7-13-18;/h1-16,21H,22H2;1H. The van der Waals surface area contributed by atoms with Gasteiger partial charge in [0.15, 0.2) is 0 Å². The van der Waals surface area contributed by atoms with Crippen LogP contribution in [0.4, 0.5) is 0 Å². The fraction of sp³-hybridized carbons (Fsp3) is 0.0476. The Labute approximate surface area is 146 Å². The van der Waals surface area contributed by atoms with Crippen molar-refractivity contribution >= 4 is 27.2 Å². The van der Waals surface area contributed by atoms with Gasteiger partial charge in [0.25, 0.3) is 0 Å². The van der Waals surface area contributed by atoms with Crippen molar-refractivity contribution in [3.63, 3.8) is 0 Å². The topological polar surface area (TPSA) is 0 Å². The Morgan fingerprint density at radius 2 is 1.04 bits per heavy atom. The Hall–Kier alpha value is -1.88. The SMILES string of the molecule is Cl.PC(C=C(c1ccccc1)c1ccccc1)c1ccccc1. The molecule has 0 saturated heterocycles. The quantitative estimate of drug-likeness (QED) is 0.500. The number of hydrogen-bond acceptors (Lipinski definition) is 0. The van der Waals surface area contributed by atoms with Crippen molar-refractivity contribution in [3.05, 3.63) is 114 Å². The largest absolute Gasteiger partial charge is 0.147 e. The molecule has 0 fully saturated rings. The summed E-state index contributed by atoms with van der Waals surface area (Å²) in [7, 11) is 2.94. The summed E-state index contributed by atoms with van der Waals surface area (Å²) in [5.74, 6) is 0. The van der Waals surface area contributed by atoms with Gasteiger partial charge in [-0.1, -0.05) is 97.1 Å². The van der Waals surface area contributed by atoms with Crippen LogP contribution in [0.15, 0.2) is 97.1 Å². The van der Waals surface area contributed by atoms with Gasteiger partial charge in [-0.3, -0.25) is 0 Å². The smallest absolute Gasteiger partial charge is 0.0173 e. The Kier molecular flexibility index (Phi) is 6.59. The van der Waals surface area contributed by atoms with Crippen LogP contribution in [0.1, 0.15) is 22.3 Å². The molecule has 0 saturated carbocycles. The number of benzene rings is 3. The predicted octanol–water partition coefficient (Wildman–Crippen LogP) is 6.16. The van der Waals surface area contributed by atoms with Gasteiger partial charge >= 0.3 is 0 Å². The van der Waals surface area contributed by atoms with Crippen molar-refractivity contribution in [1.82, 2.24) is 0 Å². The van der Waals surface area contributed by atoms with E-state index >= 15 is 0 Å². The Balaban J connectivity index is 0.00000192. The molecule has 116 valence electrons. The average Bonchev–Trinajstić information content (AvgIpc) is 2.62. The van der Waals surface area contributed by atoms with E-state index in [1.165, 1.54) is 22.3 Å². The molecule has 0 spiro atoms. The van der Waals surface area contributed by atoms with E-state index < -0.39 is 0 Å². The predicted molar refractivity (Wildman–Crippen MR) is 106 cm³/mol. The zero-order valence-electron chi connectivity index (χ0n) is 12.8. The van der Waals surface area contributed by atoms with Crippen LogP contribution in [0.25, 0.3) is 5.57 Å². The molecule has 0 N–H and O–H groups in total. The van der Waals surface area contributed by atoms with Gasteiger partial charge in [-0.25, -0.2) is 0 Å². The second-order valence-electron chi connectivity index (χ2n) is 5.25. The van der Waals surface area contributed by atoms with Crippen LogP contribution in [0.3, 0.4) is 0 Å². The van der Waals surface area contributed by atoms with Crippen LogP contribution in [-0.4, -0.2) is 0 Å². The van der Waals surface area contributed by atoms with Crippen molar-refractivity contribution in [1.29, 1.82) is 0 Å². The minimum Gasteiger partial charge on any atom is -0.147 e. The molecule has 0 aromatic heterocycles. The van der Waals surface area contributed by atoms with Gasteiger partial charge in [0.1, 0.15) is 0 Å². The third-order valence-electron chi connectivity index (χ3n) is 3.70. The monoisotopic (exact) mass is 338 g/mol. The second kappa shape index (κ2) is 8.67. The van der Waals surface area contributed by atoms with Crippen molar-refractivity contribution < 1.29 is 0 Å². The molecule has 2 atom stereocenters. The molecule has 2 unspecified atom stereocenters. The Morgan fingerprint density at radius 1 is 0.652 bits per heavy atom. The molecule has 3 aromatic carbocycles. The molecular formula is C21H20ClP. The lowest BCUT2D eigenvalue weighted by Crippen LogP contribution is -1.92. The van der Waals surface area contributed by atoms with Gasteiger partial charge < -0.3 is 0 Å². The lowest BCUT2D eigenvalue weighted by molar-refractivity contribution is 1.23. The zero-order valence-corrected chi connectivity index (χ0v) is 14.8. The molecule has 3 rings (SSSR count). The van der Waals surface area contributed by atoms with Crippen LogP contribution in [-0.2, 0) is 0 Å². The maximum absolute atomic E-state index is 2.94. The lowest BCUT2D eigenvalue weighted by atomic mass is 9.96. The molecule has 0 bridgehead atoms. The summed E-state index contributed by atoms with van der Waals surface area (Å²) in [4.78, 5) is 0. The summed E-state index contributed by atoms with van der Waals surface area (Å²) in [5.41, 5.74) is 5.35. The van der Waals surface area contributed by atoms with E-state index in [2.05, 4.69) is 106 Å². The zero-order chi connectivity index (χ0) is 15.2. The van der Waals surface area contributed by atoms with Crippen LogP contribution < -0.4 is 0 Å². The fourth-order valence-electron chi connectivity index (χ4n) is 2.55. The highest BCUT2D eigenvalue weighted by Gasteiger charge is 2.08.